The standard InChI is InChI=1S/C15H26O3/c1-13(2,17)11-9-14(3)10(8-12(11)16)6-5-7-15(14,4)18/h8,11-12,16-18H,5-7,9H2,1-4H3. The van der Waals surface area contributed by atoms with Crippen molar-refractivity contribution in [3.05, 3.63) is 11.6 Å². The molecular formula is C15H26O3. The molecule has 2 aliphatic rings. The molecule has 1 saturated carbocycles. The molecule has 104 valence electrons. The van der Waals surface area contributed by atoms with E-state index in [0.717, 1.165) is 24.8 Å². The topological polar surface area (TPSA) is 60.7 Å². The van der Waals surface area contributed by atoms with Crippen molar-refractivity contribution >= 4 is 0 Å². The van der Waals surface area contributed by atoms with Gasteiger partial charge in [0.15, 0.2) is 0 Å². The summed E-state index contributed by atoms with van der Waals surface area (Å²) in [6.07, 6.45) is 4.60. The zero-order chi connectivity index (χ0) is 13.8. The van der Waals surface area contributed by atoms with E-state index < -0.39 is 17.3 Å². The number of aliphatic hydroxyl groups excluding tert-OH is 1. The van der Waals surface area contributed by atoms with Crippen LogP contribution in [0.2, 0.25) is 0 Å². The highest BCUT2D eigenvalue weighted by atomic mass is 16.3. The summed E-state index contributed by atoms with van der Waals surface area (Å²) in [5, 5.41) is 31.1. The molecule has 3 N–H and O–H groups in total. The highest BCUT2D eigenvalue weighted by Crippen LogP contribution is 2.55. The van der Waals surface area contributed by atoms with Crippen molar-refractivity contribution in [3.8, 4) is 0 Å². The van der Waals surface area contributed by atoms with Crippen LogP contribution in [0.3, 0.4) is 0 Å². The summed E-state index contributed by atoms with van der Waals surface area (Å²) < 4.78 is 0. The van der Waals surface area contributed by atoms with Gasteiger partial charge >= 0.3 is 0 Å². The van der Waals surface area contributed by atoms with Crippen LogP contribution in [0.25, 0.3) is 0 Å². The molecule has 1 fully saturated rings. The summed E-state index contributed by atoms with van der Waals surface area (Å²) in [5.41, 5.74) is -0.847. The molecule has 0 saturated heterocycles. The SMILES string of the molecule is CC(C)(O)C1CC2(C)C(=CC1O)CCCC2(C)O. The van der Waals surface area contributed by atoms with E-state index in [1.54, 1.807) is 13.8 Å². The molecule has 18 heavy (non-hydrogen) atoms. The second kappa shape index (κ2) is 4.06. The third-order valence-corrected chi connectivity index (χ3v) is 5.33. The Balaban J connectivity index is 2.41. The van der Waals surface area contributed by atoms with Crippen LogP contribution >= 0.6 is 0 Å². The van der Waals surface area contributed by atoms with Gasteiger partial charge in [-0.15, -0.1) is 0 Å². The summed E-state index contributed by atoms with van der Waals surface area (Å²) in [6, 6.07) is 0. The van der Waals surface area contributed by atoms with Crippen molar-refractivity contribution < 1.29 is 15.3 Å². The Hall–Kier alpha value is -0.380. The second-order valence-electron chi connectivity index (χ2n) is 7.11. The first-order chi connectivity index (χ1) is 8.08. The molecule has 0 spiro atoms. The maximum Gasteiger partial charge on any atom is 0.0779 e. The molecule has 0 bridgehead atoms. The van der Waals surface area contributed by atoms with Crippen molar-refractivity contribution in [1.82, 2.24) is 0 Å². The lowest BCUT2D eigenvalue weighted by Crippen LogP contribution is -2.55. The highest BCUT2D eigenvalue weighted by molar-refractivity contribution is 5.28. The van der Waals surface area contributed by atoms with E-state index in [2.05, 4.69) is 6.92 Å². The average molecular weight is 254 g/mol. The Morgan fingerprint density at radius 1 is 1.33 bits per heavy atom. The third kappa shape index (κ3) is 2.02. The van der Waals surface area contributed by atoms with E-state index in [-0.39, 0.29) is 11.3 Å². The van der Waals surface area contributed by atoms with Gasteiger partial charge in [0.25, 0.3) is 0 Å². The van der Waals surface area contributed by atoms with Crippen LogP contribution in [0.1, 0.15) is 53.4 Å². The van der Waals surface area contributed by atoms with Gasteiger partial charge in [0.05, 0.1) is 17.3 Å². The van der Waals surface area contributed by atoms with E-state index in [1.807, 2.05) is 13.0 Å². The minimum Gasteiger partial charge on any atom is -0.390 e. The first-order valence-electron chi connectivity index (χ1n) is 6.92. The maximum absolute atomic E-state index is 10.7. The molecule has 3 nitrogen and oxygen atoms in total. The molecule has 2 aliphatic carbocycles. The molecule has 0 aliphatic heterocycles. The van der Waals surface area contributed by atoms with E-state index in [9.17, 15) is 15.3 Å². The molecule has 4 atom stereocenters. The summed E-state index contributed by atoms with van der Waals surface area (Å²) in [7, 11) is 0. The van der Waals surface area contributed by atoms with Crippen LogP contribution in [0.4, 0.5) is 0 Å². The summed E-state index contributed by atoms with van der Waals surface area (Å²) in [6.45, 7) is 7.43. The maximum atomic E-state index is 10.7. The Labute approximate surface area is 110 Å². The van der Waals surface area contributed by atoms with Crippen LogP contribution in [0.5, 0.6) is 0 Å². The van der Waals surface area contributed by atoms with Crippen molar-refractivity contribution in [2.45, 2.75) is 70.7 Å². The first-order valence-corrected chi connectivity index (χ1v) is 6.92. The Morgan fingerprint density at radius 3 is 2.50 bits per heavy atom. The van der Waals surface area contributed by atoms with Gasteiger partial charge in [-0.2, -0.15) is 0 Å². The number of hydrogen-bond acceptors (Lipinski definition) is 3. The minimum atomic E-state index is -0.933. The molecule has 0 aromatic heterocycles. The average Bonchev–Trinajstić information content (AvgIpc) is 2.19. The quantitative estimate of drug-likeness (QED) is 0.627. The van der Waals surface area contributed by atoms with Gasteiger partial charge in [0.1, 0.15) is 0 Å². The van der Waals surface area contributed by atoms with E-state index in [4.69, 9.17) is 0 Å². The monoisotopic (exact) mass is 254 g/mol. The van der Waals surface area contributed by atoms with E-state index >= 15 is 0 Å². The van der Waals surface area contributed by atoms with Gasteiger partial charge < -0.3 is 15.3 Å². The minimum absolute atomic E-state index is 0.226. The fourth-order valence-electron chi connectivity index (χ4n) is 3.69. The number of aliphatic hydroxyl groups is 3. The molecule has 2 rings (SSSR count). The van der Waals surface area contributed by atoms with Gasteiger partial charge in [0.2, 0.25) is 0 Å². The van der Waals surface area contributed by atoms with Gasteiger partial charge in [-0.1, -0.05) is 18.6 Å². The predicted octanol–water partition coefficient (Wildman–Crippen LogP) is 2.01. The van der Waals surface area contributed by atoms with Crippen LogP contribution in [-0.4, -0.2) is 32.6 Å². The van der Waals surface area contributed by atoms with Crippen LogP contribution in [0, 0.1) is 11.3 Å². The van der Waals surface area contributed by atoms with E-state index in [0.29, 0.717) is 6.42 Å². The lowest BCUT2D eigenvalue weighted by molar-refractivity contribution is -0.117. The van der Waals surface area contributed by atoms with Gasteiger partial charge in [-0.05, 0) is 46.5 Å². The smallest absolute Gasteiger partial charge is 0.0779 e. The van der Waals surface area contributed by atoms with Gasteiger partial charge in [-0.25, -0.2) is 0 Å². The third-order valence-electron chi connectivity index (χ3n) is 5.33. The van der Waals surface area contributed by atoms with Crippen LogP contribution in [-0.2, 0) is 0 Å². The van der Waals surface area contributed by atoms with Gasteiger partial charge in [0, 0.05) is 11.3 Å². The largest absolute Gasteiger partial charge is 0.390 e. The summed E-state index contributed by atoms with van der Waals surface area (Å²) >= 11 is 0. The fourth-order valence-corrected chi connectivity index (χ4v) is 3.69. The number of hydrogen-bond donors (Lipinski definition) is 3. The lowest BCUT2D eigenvalue weighted by Gasteiger charge is -2.54. The van der Waals surface area contributed by atoms with Crippen molar-refractivity contribution in [2.75, 3.05) is 0 Å². The summed E-state index contributed by atoms with van der Waals surface area (Å²) in [5.74, 6) is -0.226. The zero-order valence-electron chi connectivity index (χ0n) is 11.9. The second-order valence-corrected chi connectivity index (χ2v) is 7.11. The molecule has 3 heteroatoms. The molecule has 0 aromatic rings. The Morgan fingerprint density at radius 2 is 1.94 bits per heavy atom. The normalized spacial score (nSPS) is 45.4. The molecule has 0 amide bonds. The number of rotatable bonds is 1. The van der Waals surface area contributed by atoms with E-state index in [1.165, 1.54) is 0 Å². The molecule has 0 heterocycles. The molecule has 0 radical (unpaired) electrons. The molecule has 4 unspecified atom stereocenters. The highest BCUT2D eigenvalue weighted by Gasteiger charge is 2.53. The van der Waals surface area contributed by atoms with Crippen molar-refractivity contribution in [3.63, 3.8) is 0 Å². The first kappa shape index (κ1) is 14.0. The van der Waals surface area contributed by atoms with Crippen molar-refractivity contribution in [2.24, 2.45) is 11.3 Å². The number of fused-ring (bicyclic) bond motifs is 1. The predicted molar refractivity (Wildman–Crippen MR) is 71.1 cm³/mol. The molecule has 0 aromatic carbocycles. The summed E-state index contributed by atoms with van der Waals surface area (Å²) in [4.78, 5) is 0. The van der Waals surface area contributed by atoms with Gasteiger partial charge in [-0.3, -0.25) is 0 Å². The lowest BCUT2D eigenvalue weighted by atomic mass is 9.54. The Kier molecular flexibility index (Phi) is 3.16. The van der Waals surface area contributed by atoms with Crippen LogP contribution in [0.15, 0.2) is 11.6 Å². The Bertz CT molecular complexity index is 364. The molecular weight excluding hydrogens is 228 g/mol. The van der Waals surface area contributed by atoms with Crippen molar-refractivity contribution in [1.29, 1.82) is 0 Å². The zero-order valence-corrected chi connectivity index (χ0v) is 11.9. The van der Waals surface area contributed by atoms with Crippen LogP contribution < -0.4 is 0 Å². The fraction of sp³-hybridized carbons (Fsp3) is 0.867.